The van der Waals surface area contributed by atoms with Crippen LogP contribution >= 0.6 is 0 Å². The topological polar surface area (TPSA) is 84.3 Å². The molecule has 6 aromatic carbocycles. The quantitative estimate of drug-likeness (QED) is 0.0857. The van der Waals surface area contributed by atoms with Crippen LogP contribution in [0.2, 0.25) is 0 Å². The number of fused-ring (bicyclic) bond motifs is 6. The number of nitrogens with zero attached hydrogens (tertiary/aromatic N) is 4. The molecule has 0 fully saturated rings. The monoisotopic (exact) mass is 680 g/mol. The summed E-state index contributed by atoms with van der Waals surface area (Å²) in [4.78, 5) is 11.7. The second-order valence-electron chi connectivity index (χ2n) is 12.7. The second kappa shape index (κ2) is 12.8. The molecule has 3 aromatic heterocycles. The normalized spacial score (nSPS) is 11.5. The first-order valence-electron chi connectivity index (χ1n) is 17.1. The Kier molecular flexibility index (Phi) is 7.62. The van der Waals surface area contributed by atoms with Crippen LogP contribution in [0.5, 0.6) is 5.75 Å². The first-order chi connectivity index (χ1) is 25.5. The van der Waals surface area contributed by atoms with E-state index < -0.39 is 5.97 Å². The maximum absolute atomic E-state index is 11.7. The van der Waals surface area contributed by atoms with E-state index in [2.05, 4.69) is 141 Å². The minimum Gasteiger partial charge on any atom is -0.490 e. The predicted molar refractivity (Wildman–Crippen MR) is 205 cm³/mol. The molecule has 0 saturated heterocycles. The molecule has 52 heavy (non-hydrogen) atoms. The van der Waals surface area contributed by atoms with Gasteiger partial charge in [0.05, 0.1) is 22.1 Å². The van der Waals surface area contributed by atoms with Crippen LogP contribution in [0, 0.1) is 0 Å². The van der Waals surface area contributed by atoms with Gasteiger partial charge in [0, 0.05) is 49.6 Å². The Morgan fingerprint density at radius 1 is 0.596 bits per heavy atom. The maximum Gasteiger partial charge on any atom is 0.333 e. The highest BCUT2D eigenvalue weighted by atomic mass is 16.6. The van der Waals surface area contributed by atoms with Gasteiger partial charge in [-0.2, -0.15) is 0 Å². The fourth-order valence-electron chi connectivity index (χ4n) is 6.97. The van der Waals surface area contributed by atoms with Gasteiger partial charge in [-0.3, -0.25) is 0 Å². The summed E-state index contributed by atoms with van der Waals surface area (Å²) in [5.74, 6) is 0.886. The number of carbonyl (C=O) groups is 1. The molecule has 8 nitrogen and oxygen atoms in total. The van der Waals surface area contributed by atoms with Crippen LogP contribution in [-0.4, -0.2) is 38.5 Å². The Bertz CT molecular complexity index is 2590. The number of aromatic nitrogens is 4. The molecule has 0 unspecified atom stereocenters. The lowest BCUT2D eigenvalue weighted by atomic mass is 10.1. The SMILES string of the molecule is C=C(C)C(=O)OCCOc1cccc(-c2nnc(-c3cc(-n4c5ccccc5c5ccccc54)cc(-n4c5ccccc5c5ccccc54)c3)o2)c1. The van der Waals surface area contributed by atoms with Crippen LogP contribution < -0.4 is 4.74 Å². The molecule has 0 aliphatic heterocycles. The van der Waals surface area contributed by atoms with Crippen molar-refractivity contribution < 1.29 is 18.7 Å². The lowest BCUT2D eigenvalue weighted by Gasteiger charge is -2.14. The van der Waals surface area contributed by atoms with Gasteiger partial charge in [0.2, 0.25) is 11.8 Å². The molecular formula is C44H32N4O4. The zero-order chi connectivity index (χ0) is 35.2. The van der Waals surface area contributed by atoms with Gasteiger partial charge in [0.15, 0.2) is 0 Å². The standard InChI is InChI=1S/C44H32N4O4/c1-28(2)44(49)51-23-22-50-33-13-11-12-29(26-33)42-45-46-43(52-42)30-24-31(47-38-18-7-3-14-34(38)35-15-4-8-19-39(35)47)27-32(25-30)48-40-20-9-5-16-36(40)37-17-6-10-21-41(37)48/h3-21,24-27H,1,22-23H2,2H3. The van der Waals surface area contributed by atoms with Crippen molar-refractivity contribution in [2.45, 2.75) is 6.92 Å². The highest BCUT2D eigenvalue weighted by Crippen LogP contribution is 2.38. The Hall–Kier alpha value is -6.93. The molecule has 0 radical (unpaired) electrons. The van der Waals surface area contributed by atoms with E-state index in [4.69, 9.17) is 13.9 Å². The minimum absolute atomic E-state index is 0.108. The van der Waals surface area contributed by atoms with Crippen molar-refractivity contribution in [1.29, 1.82) is 0 Å². The van der Waals surface area contributed by atoms with E-state index in [9.17, 15) is 4.79 Å². The number of hydrogen-bond acceptors (Lipinski definition) is 6. The Labute approximate surface area is 298 Å². The number of carbonyl (C=O) groups excluding carboxylic acids is 1. The van der Waals surface area contributed by atoms with Gasteiger partial charge in [0.25, 0.3) is 0 Å². The zero-order valence-corrected chi connectivity index (χ0v) is 28.3. The molecule has 0 amide bonds. The molecule has 0 saturated carbocycles. The number of ether oxygens (including phenoxy) is 2. The van der Waals surface area contributed by atoms with E-state index >= 15 is 0 Å². The molecule has 3 heterocycles. The van der Waals surface area contributed by atoms with Gasteiger partial charge >= 0.3 is 5.97 Å². The molecule has 9 rings (SSSR count). The van der Waals surface area contributed by atoms with Crippen LogP contribution in [0.15, 0.2) is 156 Å². The molecule has 0 aliphatic carbocycles. The molecule has 8 heteroatoms. The van der Waals surface area contributed by atoms with Crippen molar-refractivity contribution in [1.82, 2.24) is 19.3 Å². The summed E-state index contributed by atoms with van der Waals surface area (Å²) in [5, 5.41) is 13.7. The second-order valence-corrected chi connectivity index (χ2v) is 12.7. The van der Waals surface area contributed by atoms with Crippen molar-refractivity contribution in [3.8, 4) is 40.0 Å². The number of para-hydroxylation sites is 4. The first kappa shape index (κ1) is 31.1. The van der Waals surface area contributed by atoms with Crippen LogP contribution in [0.1, 0.15) is 6.92 Å². The van der Waals surface area contributed by atoms with E-state index in [1.165, 1.54) is 21.5 Å². The van der Waals surface area contributed by atoms with E-state index in [1.807, 2.05) is 24.3 Å². The summed E-state index contributed by atoms with van der Waals surface area (Å²) in [7, 11) is 0. The molecule has 0 bridgehead atoms. The third-order valence-electron chi connectivity index (χ3n) is 9.27. The van der Waals surface area contributed by atoms with Crippen LogP contribution in [0.3, 0.4) is 0 Å². The van der Waals surface area contributed by atoms with E-state index in [0.717, 1.165) is 39.0 Å². The van der Waals surface area contributed by atoms with Gasteiger partial charge in [-0.1, -0.05) is 85.4 Å². The van der Waals surface area contributed by atoms with Gasteiger partial charge in [-0.05, 0) is 67.6 Å². The van der Waals surface area contributed by atoms with Crippen LogP contribution in [0.25, 0.3) is 77.9 Å². The van der Waals surface area contributed by atoms with E-state index in [0.29, 0.717) is 28.7 Å². The number of rotatable bonds is 9. The fraction of sp³-hybridized carbons (Fsp3) is 0.0682. The minimum atomic E-state index is -0.445. The summed E-state index contributed by atoms with van der Waals surface area (Å²) in [6.07, 6.45) is 0. The van der Waals surface area contributed by atoms with Gasteiger partial charge in [-0.15, -0.1) is 10.2 Å². The average molecular weight is 681 g/mol. The molecule has 0 spiro atoms. The zero-order valence-electron chi connectivity index (χ0n) is 28.3. The first-order valence-corrected chi connectivity index (χ1v) is 17.1. The van der Waals surface area contributed by atoms with Crippen molar-refractivity contribution in [2.75, 3.05) is 13.2 Å². The molecule has 0 N–H and O–H groups in total. The summed E-state index contributed by atoms with van der Waals surface area (Å²) in [6, 6.07) is 47.8. The van der Waals surface area contributed by atoms with E-state index in [-0.39, 0.29) is 13.2 Å². The molecule has 252 valence electrons. The van der Waals surface area contributed by atoms with Gasteiger partial charge < -0.3 is 23.0 Å². The molecule has 9 aromatic rings. The predicted octanol–water partition coefficient (Wildman–Crippen LogP) is 10.1. The van der Waals surface area contributed by atoms with Gasteiger partial charge in [-0.25, -0.2) is 4.79 Å². The lowest BCUT2D eigenvalue weighted by Crippen LogP contribution is -2.12. The number of esters is 1. The largest absolute Gasteiger partial charge is 0.490 e. The third kappa shape index (κ3) is 5.38. The third-order valence-corrected chi connectivity index (χ3v) is 9.27. The highest BCUT2D eigenvalue weighted by molar-refractivity contribution is 6.10. The van der Waals surface area contributed by atoms with Crippen molar-refractivity contribution in [3.63, 3.8) is 0 Å². The summed E-state index contributed by atoms with van der Waals surface area (Å²) in [6.45, 7) is 5.51. The number of hydrogen-bond donors (Lipinski definition) is 0. The molecule has 0 aliphatic rings. The van der Waals surface area contributed by atoms with Crippen molar-refractivity contribution >= 4 is 49.6 Å². The van der Waals surface area contributed by atoms with Crippen molar-refractivity contribution in [2.24, 2.45) is 0 Å². The molecule has 0 atom stereocenters. The lowest BCUT2D eigenvalue weighted by molar-refractivity contribution is -0.139. The summed E-state index contributed by atoms with van der Waals surface area (Å²) in [5.41, 5.74) is 8.18. The molecular weight excluding hydrogens is 649 g/mol. The van der Waals surface area contributed by atoms with E-state index in [1.54, 1.807) is 6.92 Å². The fourth-order valence-corrected chi connectivity index (χ4v) is 6.97. The smallest absolute Gasteiger partial charge is 0.333 e. The highest BCUT2D eigenvalue weighted by Gasteiger charge is 2.19. The Morgan fingerprint density at radius 3 is 1.58 bits per heavy atom. The maximum atomic E-state index is 11.7. The van der Waals surface area contributed by atoms with Crippen LogP contribution in [-0.2, 0) is 9.53 Å². The number of benzene rings is 6. The van der Waals surface area contributed by atoms with Crippen molar-refractivity contribution in [3.05, 3.63) is 152 Å². The summed E-state index contributed by atoms with van der Waals surface area (Å²) >= 11 is 0. The summed E-state index contributed by atoms with van der Waals surface area (Å²) < 4.78 is 22.0. The Morgan fingerprint density at radius 2 is 1.08 bits per heavy atom. The Balaban J connectivity index is 1.17. The van der Waals surface area contributed by atoms with Crippen LogP contribution in [0.4, 0.5) is 0 Å². The average Bonchev–Trinajstić information content (AvgIpc) is 3.90. The van der Waals surface area contributed by atoms with Gasteiger partial charge in [0.1, 0.15) is 19.0 Å².